The number of aryl methyl sites for hydroxylation is 1. The number of aromatic nitrogens is 2. The van der Waals surface area contributed by atoms with Crippen molar-refractivity contribution < 1.29 is 14.5 Å². The molecule has 2 rings (SSSR count). The molecule has 0 spiro atoms. The fraction of sp³-hybridized carbons (Fsp3) is 0.190. The summed E-state index contributed by atoms with van der Waals surface area (Å²) in [6.07, 6.45) is 11.3. The number of carbonyl (C=O) groups excluding carboxylic acids is 1. The molecule has 0 aliphatic carbocycles. The van der Waals surface area contributed by atoms with Gasteiger partial charge in [0, 0.05) is 36.6 Å². The summed E-state index contributed by atoms with van der Waals surface area (Å²) in [5, 5.41) is 20.7. The minimum atomic E-state index is -0.533. The summed E-state index contributed by atoms with van der Waals surface area (Å²) < 4.78 is 6.61. The van der Waals surface area contributed by atoms with Gasteiger partial charge in [0.2, 0.25) is 0 Å². The highest BCUT2D eigenvalue weighted by Crippen LogP contribution is 2.25. The average molecular weight is 392 g/mol. The SMILES string of the molecule is C\C=C/C(=C\C=C\c1c(C#N)cn(C)c1C(=O)OCC)c1ncccc1[N+](=O)[O-]. The highest BCUT2D eigenvalue weighted by atomic mass is 16.6. The molecule has 148 valence electrons. The van der Waals surface area contributed by atoms with Crippen LogP contribution < -0.4 is 0 Å². The number of hydrogen-bond acceptors (Lipinski definition) is 6. The molecule has 0 radical (unpaired) electrons. The van der Waals surface area contributed by atoms with Crippen molar-refractivity contribution in [2.24, 2.45) is 7.05 Å². The molecule has 0 saturated heterocycles. The van der Waals surface area contributed by atoms with Crippen LogP contribution in [0.5, 0.6) is 0 Å². The molecule has 29 heavy (non-hydrogen) atoms. The zero-order valence-corrected chi connectivity index (χ0v) is 16.3. The zero-order valence-electron chi connectivity index (χ0n) is 16.3. The van der Waals surface area contributed by atoms with Crippen LogP contribution in [0.3, 0.4) is 0 Å². The van der Waals surface area contributed by atoms with Crippen molar-refractivity contribution in [2.45, 2.75) is 13.8 Å². The van der Waals surface area contributed by atoms with E-state index in [1.807, 2.05) is 0 Å². The molecular formula is C21H20N4O4. The number of ether oxygens (including phenoxy) is 1. The molecule has 0 aliphatic heterocycles. The second-order valence-corrected chi connectivity index (χ2v) is 5.86. The highest BCUT2D eigenvalue weighted by Gasteiger charge is 2.20. The molecule has 8 nitrogen and oxygen atoms in total. The number of carbonyl (C=O) groups is 1. The van der Waals surface area contributed by atoms with Gasteiger partial charge in [0.25, 0.3) is 5.69 Å². The molecule has 0 amide bonds. The van der Waals surface area contributed by atoms with Crippen LogP contribution in [-0.4, -0.2) is 27.1 Å². The van der Waals surface area contributed by atoms with Gasteiger partial charge in [0.05, 0.1) is 17.1 Å². The molecule has 8 heteroatoms. The molecule has 0 fully saturated rings. The van der Waals surface area contributed by atoms with E-state index in [4.69, 9.17) is 4.74 Å². The summed E-state index contributed by atoms with van der Waals surface area (Å²) in [5.41, 5.74) is 1.61. The fourth-order valence-electron chi connectivity index (χ4n) is 2.76. The first-order valence-electron chi connectivity index (χ1n) is 8.81. The van der Waals surface area contributed by atoms with Gasteiger partial charge in [-0.2, -0.15) is 5.26 Å². The summed E-state index contributed by atoms with van der Waals surface area (Å²) in [5.74, 6) is -0.533. The molecule has 2 aromatic rings. The molecular weight excluding hydrogens is 372 g/mol. The third-order valence-corrected chi connectivity index (χ3v) is 3.95. The van der Waals surface area contributed by atoms with Gasteiger partial charge >= 0.3 is 5.97 Å². The number of hydrogen-bond donors (Lipinski definition) is 0. The van der Waals surface area contributed by atoms with Gasteiger partial charge in [0.1, 0.15) is 17.5 Å². The van der Waals surface area contributed by atoms with Gasteiger partial charge in [-0.05, 0) is 19.9 Å². The predicted octanol–water partition coefficient (Wildman–Crippen LogP) is 4.05. The third kappa shape index (κ3) is 4.84. The lowest BCUT2D eigenvalue weighted by molar-refractivity contribution is -0.385. The van der Waals surface area contributed by atoms with Crippen LogP contribution in [0, 0.1) is 21.4 Å². The van der Waals surface area contributed by atoms with Crippen LogP contribution in [0.2, 0.25) is 0 Å². The van der Waals surface area contributed by atoms with Gasteiger partial charge in [-0.3, -0.25) is 10.1 Å². The number of nitrogens with zero attached hydrogens (tertiary/aromatic N) is 4. The quantitative estimate of drug-likeness (QED) is 0.304. The standard InChI is InChI=1S/C21H20N4O4/c1-4-8-15(19-18(25(27)28)11-7-12-23-19)9-6-10-17-16(13-22)14-24(3)20(17)21(26)29-5-2/h4,6-12,14H,5H2,1-3H3/b8-4-,10-6+,15-9+. The Morgan fingerprint density at radius 3 is 2.86 bits per heavy atom. The Balaban J connectivity index is 2.53. The molecule has 0 bridgehead atoms. The van der Waals surface area contributed by atoms with E-state index in [2.05, 4.69) is 11.1 Å². The molecule has 0 atom stereocenters. The van der Waals surface area contributed by atoms with Crippen molar-refractivity contribution in [1.29, 1.82) is 5.26 Å². The summed E-state index contributed by atoms with van der Waals surface area (Å²) >= 11 is 0. The molecule has 0 aliphatic rings. The van der Waals surface area contributed by atoms with E-state index in [-0.39, 0.29) is 23.7 Å². The Hall–Kier alpha value is -3.99. The Kier molecular flexibility index (Phi) is 7.20. The lowest BCUT2D eigenvalue weighted by Gasteiger charge is -2.04. The molecule has 0 unspecified atom stereocenters. The number of pyridine rings is 1. The van der Waals surface area contributed by atoms with Crippen LogP contribution in [0.1, 0.15) is 41.2 Å². The largest absolute Gasteiger partial charge is 0.461 e. The van der Waals surface area contributed by atoms with Crippen LogP contribution in [0.25, 0.3) is 11.6 Å². The van der Waals surface area contributed by atoms with Crippen LogP contribution in [0.4, 0.5) is 5.69 Å². The third-order valence-electron chi connectivity index (χ3n) is 3.95. The number of nitriles is 1. The Bertz CT molecular complexity index is 1060. The van der Waals surface area contributed by atoms with Crippen molar-refractivity contribution in [2.75, 3.05) is 6.61 Å². The minimum Gasteiger partial charge on any atom is -0.461 e. The first-order valence-corrected chi connectivity index (χ1v) is 8.81. The molecule has 0 aromatic carbocycles. The highest BCUT2D eigenvalue weighted by molar-refractivity contribution is 5.93. The number of nitro groups is 1. The monoisotopic (exact) mass is 392 g/mol. The normalized spacial score (nSPS) is 11.7. The smallest absolute Gasteiger partial charge is 0.355 e. The van der Waals surface area contributed by atoms with Crippen molar-refractivity contribution in [3.63, 3.8) is 0 Å². The predicted molar refractivity (Wildman–Crippen MR) is 109 cm³/mol. The number of rotatable bonds is 7. The van der Waals surface area contributed by atoms with Gasteiger partial charge in [-0.25, -0.2) is 9.78 Å². The van der Waals surface area contributed by atoms with E-state index in [1.165, 1.54) is 22.9 Å². The number of allylic oxidation sites excluding steroid dienone is 5. The first kappa shape index (κ1) is 21.3. The summed E-state index contributed by atoms with van der Waals surface area (Å²) in [7, 11) is 1.66. The topological polar surface area (TPSA) is 111 Å². The maximum Gasteiger partial charge on any atom is 0.355 e. The van der Waals surface area contributed by atoms with E-state index in [9.17, 15) is 20.2 Å². The Morgan fingerprint density at radius 1 is 1.48 bits per heavy atom. The van der Waals surface area contributed by atoms with E-state index in [0.29, 0.717) is 16.7 Å². The first-order chi connectivity index (χ1) is 13.9. The summed E-state index contributed by atoms with van der Waals surface area (Å²) in [4.78, 5) is 27.2. The van der Waals surface area contributed by atoms with E-state index >= 15 is 0 Å². The van der Waals surface area contributed by atoms with E-state index in [1.54, 1.807) is 57.5 Å². The van der Waals surface area contributed by atoms with Crippen LogP contribution >= 0.6 is 0 Å². The van der Waals surface area contributed by atoms with Gasteiger partial charge in [0.15, 0.2) is 0 Å². The number of esters is 1. The molecule has 2 aromatic heterocycles. The van der Waals surface area contributed by atoms with E-state index < -0.39 is 10.9 Å². The van der Waals surface area contributed by atoms with Crippen molar-refractivity contribution >= 4 is 23.3 Å². The van der Waals surface area contributed by atoms with Crippen LogP contribution in [0.15, 0.2) is 48.8 Å². The van der Waals surface area contributed by atoms with Gasteiger partial charge < -0.3 is 9.30 Å². The van der Waals surface area contributed by atoms with Crippen molar-refractivity contribution in [1.82, 2.24) is 9.55 Å². The Morgan fingerprint density at radius 2 is 2.24 bits per heavy atom. The fourth-order valence-corrected chi connectivity index (χ4v) is 2.76. The summed E-state index contributed by atoms with van der Waals surface area (Å²) in [6, 6.07) is 4.94. The minimum absolute atomic E-state index is 0.116. The lowest BCUT2D eigenvalue weighted by atomic mass is 10.1. The second kappa shape index (κ2) is 9.80. The second-order valence-electron chi connectivity index (χ2n) is 5.86. The average Bonchev–Trinajstić information content (AvgIpc) is 3.02. The Labute approximate surface area is 168 Å². The maximum atomic E-state index is 12.3. The van der Waals surface area contributed by atoms with Crippen molar-refractivity contribution in [3.05, 3.63) is 81.5 Å². The van der Waals surface area contributed by atoms with Gasteiger partial charge in [-0.1, -0.05) is 30.4 Å². The van der Waals surface area contributed by atoms with Crippen LogP contribution in [-0.2, 0) is 11.8 Å². The van der Waals surface area contributed by atoms with Crippen molar-refractivity contribution in [3.8, 4) is 6.07 Å². The lowest BCUT2D eigenvalue weighted by Crippen LogP contribution is -2.10. The zero-order chi connectivity index (χ0) is 21.4. The molecule has 0 saturated carbocycles. The maximum absolute atomic E-state index is 12.3. The summed E-state index contributed by atoms with van der Waals surface area (Å²) in [6.45, 7) is 3.70. The molecule has 2 heterocycles. The van der Waals surface area contributed by atoms with Gasteiger partial charge in [-0.15, -0.1) is 0 Å². The molecule has 0 N–H and O–H groups in total. The van der Waals surface area contributed by atoms with E-state index in [0.717, 1.165) is 0 Å².